The highest BCUT2D eigenvalue weighted by molar-refractivity contribution is 7.90. The molecule has 1 atom stereocenters. The van der Waals surface area contributed by atoms with E-state index in [1.807, 2.05) is 0 Å². The van der Waals surface area contributed by atoms with Gasteiger partial charge in [-0.2, -0.15) is 0 Å². The van der Waals surface area contributed by atoms with Crippen molar-refractivity contribution in [1.82, 2.24) is 5.43 Å². The van der Waals surface area contributed by atoms with E-state index in [1.165, 1.54) is 6.07 Å². The number of benzene rings is 1. The first-order valence-corrected chi connectivity index (χ1v) is 6.48. The molecule has 0 fully saturated rings. The maximum atomic E-state index is 13.3. The quantitative estimate of drug-likeness (QED) is 0.603. The number of nitrogens with two attached hydrogens (primary N) is 1. The third kappa shape index (κ3) is 3.51. The predicted octanol–water partition coefficient (Wildman–Crippen LogP) is 0.514. The zero-order valence-corrected chi connectivity index (χ0v) is 9.39. The normalized spacial score (nSPS) is 13.8. The summed E-state index contributed by atoms with van der Waals surface area (Å²) >= 11 is 0. The van der Waals surface area contributed by atoms with Gasteiger partial charge in [0.2, 0.25) is 0 Å². The van der Waals surface area contributed by atoms with Crippen molar-refractivity contribution in [1.29, 1.82) is 0 Å². The second kappa shape index (κ2) is 4.86. The molecule has 0 radical (unpaired) electrons. The first-order valence-electron chi connectivity index (χ1n) is 4.42. The van der Waals surface area contributed by atoms with Gasteiger partial charge in [0.1, 0.15) is 21.5 Å². The van der Waals surface area contributed by atoms with Gasteiger partial charge in [0.25, 0.3) is 0 Å². The van der Waals surface area contributed by atoms with E-state index >= 15 is 0 Å². The number of hydrogen-bond acceptors (Lipinski definition) is 4. The molecule has 0 aliphatic heterocycles. The minimum Gasteiger partial charge on any atom is -0.271 e. The Hall–Kier alpha value is -1.05. The highest BCUT2D eigenvalue weighted by Gasteiger charge is 2.19. The molecule has 0 aliphatic rings. The first kappa shape index (κ1) is 13.0. The molecule has 1 aromatic rings. The number of sulfone groups is 1. The van der Waals surface area contributed by atoms with Crippen molar-refractivity contribution in [2.24, 2.45) is 5.84 Å². The molecule has 0 aromatic heterocycles. The van der Waals surface area contributed by atoms with Gasteiger partial charge in [-0.1, -0.05) is 6.07 Å². The first-order chi connectivity index (χ1) is 7.33. The maximum absolute atomic E-state index is 13.3. The molecule has 1 aromatic carbocycles. The van der Waals surface area contributed by atoms with Gasteiger partial charge in [-0.25, -0.2) is 17.2 Å². The summed E-state index contributed by atoms with van der Waals surface area (Å²) in [5.74, 6) is 3.24. The van der Waals surface area contributed by atoms with Crippen molar-refractivity contribution >= 4 is 9.84 Å². The molecule has 0 saturated carbocycles. The number of hydrogen-bond donors (Lipinski definition) is 2. The SMILES string of the molecule is CS(=O)(=O)CC(NN)c1ccc(F)cc1F. The Morgan fingerprint density at radius 1 is 1.44 bits per heavy atom. The van der Waals surface area contributed by atoms with E-state index in [-0.39, 0.29) is 11.3 Å². The summed E-state index contributed by atoms with van der Waals surface area (Å²) in [5, 5.41) is 0. The number of hydrazine groups is 1. The molecule has 1 rings (SSSR count). The Morgan fingerprint density at radius 2 is 2.06 bits per heavy atom. The molecule has 3 N–H and O–H groups in total. The summed E-state index contributed by atoms with van der Waals surface area (Å²) in [7, 11) is -3.31. The molecule has 90 valence electrons. The van der Waals surface area contributed by atoms with E-state index in [1.54, 1.807) is 0 Å². The van der Waals surface area contributed by atoms with E-state index in [0.29, 0.717) is 6.07 Å². The van der Waals surface area contributed by atoms with Crippen LogP contribution in [0.3, 0.4) is 0 Å². The Kier molecular flexibility index (Phi) is 3.95. The molecular weight excluding hydrogens is 238 g/mol. The van der Waals surface area contributed by atoms with Gasteiger partial charge < -0.3 is 0 Å². The van der Waals surface area contributed by atoms with Crippen LogP contribution >= 0.6 is 0 Å². The van der Waals surface area contributed by atoms with Crippen molar-refractivity contribution in [2.45, 2.75) is 6.04 Å². The largest absolute Gasteiger partial charge is 0.271 e. The van der Waals surface area contributed by atoms with Crippen molar-refractivity contribution in [2.75, 3.05) is 12.0 Å². The average Bonchev–Trinajstić information content (AvgIpc) is 2.13. The van der Waals surface area contributed by atoms with E-state index in [9.17, 15) is 17.2 Å². The lowest BCUT2D eigenvalue weighted by molar-refractivity contribution is 0.522. The van der Waals surface area contributed by atoms with Gasteiger partial charge in [-0.15, -0.1) is 0 Å². The Morgan fingerprint density at radius 3 is 2.50 bits per heavy atom. The average molecular weight is 250 g/mol. The Bertz CT molecular complexity index is 476. The summed E-state index contributed by atoms with van der Waals surface area (Å²) < 4.78 is 48.1. The third-order valence-corrected chi connectivity index (χ3v) is 2.95. The lowest BCUT2D eigenvalue weighted by atomic mass is 10.1. The minimum atomic E-state index is -3.31. The molecule has 1 unspecified atom stereocenters. The fourth-order valence-electron chi connectivity index (χ4n) is 1.31. The molecule has 0 spiro atoms. The number of rotatable bonds is 4. The van der Waals surface area contributed by atoms with E-state index in [4.69, 9.17) is 5.84 Å². The topological polar surface area (TPSA) is 72.2 Å². The van der Waals surface area contributed by atoms with Crippen molar-refractivity contribution in [3.8, 4) is 0 Å². The molecular formula is C9H12F2N2O2S. The number of nitrogens with one attached hydrogen (secondary N) is 1. The van der Waals surface area contributed by atoms with Gasteiger partial charge >= 0.3 is 0 Å². The molecule has 0 aliphatic carbocycles. The highest BCUT2D eigenvalue weighted by Crippen LogP contribution is 2.18. The van der Waals surface area contributed by atoms with E-state index in [2.05, 4.69) is 5.43 Å². The van der Waals surface area contributed by atoms with Crippen LogP contribution in [0.25, 0.3) is 0 Å². The van der Waals surface area contributed by atoms with Crippen LogP contribution < -0.4 is 11.3 Å². The zero-order chi connectivity index (χ0) is 12.3. The molecule has 7 heteroatoms. The van der Waals surface area contributed by atoms with Crippen molar-refractivity contribution in [3.63, 3.8) is 0 Å². The van der Waals surface area contributed by atoms with Gasteiger partial charge in [-0.3, -0.25) is 11.3 Å². The third-order valence-electron chi connectivity index (χ3n) is 2.01. The van der Waals surface area contributed by atoms with Gasteiger partial charge in [0.05, 0.1) is 11.8 Å². The maximum Gasteiger partial charge on any atom is 0.149 e. The summed E-state index contributed by atoms with van der Waals surface area (Å²) in [5.41, 5.74) is 2.22. The highest BCUT2D eigenvalue weighted by atomic mass is 32.2. The monoisotopic (exact) mass is 250 g/mol. The Labute approximate surface area is 92.3 Å². The molecule has 0 saturated heterocycles. The fraction of sp³-hybridized carbons (Fsp3) is 0.333. The molecule has 0 heterocycles. The lowest BCUT2D eigenvalue weighted by Gasteiger charge is -2.15. The standard InChI is InChI=1S/C9H12F2N2O2S/c1-16(14,15)5-9(13-12)7-3-2-6(10)4-8(7)11/h2-4,9,13H,5,12H2,1H3. The minimum absolute atomic E-state index is 0.0225. The summed E-state index contributed by atoms with van der Waals surface area (Å²) in [4.78, 5) is 0. The summed E-state index contributed by atoms with van der Waals surface area (Å²) in [6.07, 6.45) is 1.01. The van der Waals surface area contributed by atoms with Crippen LogP contribution in [-0.2, 0) is 9.84 Å². The molecule has 0 amide bonds. The van der Waals surface area contributed by atoms with Crippen LogP contribution in [-0.4, -0.2) is 20.4 Å². The summed E-state index contributed by atoms with van der Waals surface area (Å²) in [6.45, 7) is 0. The van der Waals surface area contributed by atoms with Crippen LogP contribution in [0.2, 0.25) is 0 Å². The van der Waals surface area contributed by atoms with Crippen LogP contribution in [0.15, 0.2) is 18.2 Å². The van der Waals surface area contributed by atoms with Gasteiger partial charge in [0.15, 0.2) is 0 Å². The number of halogens is 2. The summed E-state index contributed by atoms with van der Waals surface area (Å²) in [6, 6.07) is 2.00. The second-order valence-electron chi connectivity index (χ2n) is 3.48. The van der Waals surface area contributed by atoms with Crippen molar-refractivity contribution in [3.05, 3.63) is 35.4 Å². The molecule has 4 nitrogen and oxygen atoms in total. The predicted molar refractivity (Wildman–Crippen MR) is 56.1 cm³/mol. The van der Waals surface area contributed by atoms with Gasteiger partial charge in [-0.05, 0) is 6.07 Å². The van der Waals surface area contributed by atoms with E-state index in [0.717, 1.165) is 12.3 Å². The molecule has 0 bridgehead atoms. The smallest absolute Gasteiger partial charge is 0.149 e. The van der Waals surface area contributed by atoms with Crippen LogP contribution in [0.4, 0.5) is 8.78 Å². The van der Waals surface area contributed by atoms with Gasteiger partial charge in [0, 0.05) is 17.9 Å². The second-order valence-corrected chi connectivity index (χ2v) is 5.66. The van der Waals surface area contributed by atoms with Crippen LogP contribution in [0, 0.1) is 11.6 Å². The fourth-order valence-corrected chi connectivity index (χ4v) is 2.20. The molecule has 16 heavy (non-hydrogen) atoms. The van der Waals surface area contributed by atoms with Crippen molar-refractivity contribution < 1.29 is 17.2 Å². The van der Waals surface area contributed by atoms with E-state index < -0.39 is 27.5 Å². The van der Waals surface area contributed by atoms with Crippen LogP contribution in [0.1, 0.15) is 11.6 Å². The zero-order valence-electron chi connectivity index (χ0n) is 8.57. The Balaban J connectivity index is 3.04. The van der Waals surface area contributed by atoms with Crippen LogP contribution in [0.5, 0.6) is 0 Å². The lowest BCUT2D eigenvalue weighted by Crippen LogP contribution is -2.33.